The molecule has 7 nitrogen and oxygen atoms in total. The van der Waals surface area contributed by atoms with E-state index in [1.807, 2.05) is 53.4 Å². The Labute approximate surface area is 174 Å². The van der Waals surface area contributed by atoms with Crippen molar-refractivity contribution in [1.82, 2.24) is 19.7 Å². The summed E-state index contributed by atoms with van der Waals surface area (Å²) in [6.07, 6.45) is 7.88. The first-order valence-corrected chi connectivity index (χ1v) is 9.75. The van der Waals surface area contributed by atoms with E-state index in [1.54, 1.807) is 14.2 Å². The van der Waals surface area contributed by atoms with Crippen LogP contribution in [0, 0.1) is 0 Å². The molecule has 1 N–H and O–H groups in total. The van der Waals surface area contributed by atoms with Crippen LogP contribution in [0.5, 0.6) is 11.6 Å². The lowest BCUT2D eigenvalue weighted by molar-refractivity contribution is 0.390. The highest BCUT2D eigenvalue weighted by Gasteiger charge is 2.18. The SMILES string of the molecule is COc1cccc(-n2cnc3cc(Nc4nnc(OC)c5c4CCC=C5)ccc32)c1. The Bertz CT molecular complexity index is 1260. The third-order valence-electron chi connectivity index (χ3n) is 5.26. The summed E-state index contributed by atoms with van der Waals surface area (Å²) in [4.78, 5) is 4.58. The molecule has 0 radical (unpaired) electrons. The van der Waals surface area contributed by atoms with Gasteiger partial charge in [-0.05, 0) is 43.2 Å². The molecule has 0 fully saturated rings. The zero-order valence-electron chi connectivity index (χ0n) is 16.8. The first kappa shape index (κ1) is 18.2. The standard InChI is InChI=1S/C23H21N5O2/c1-29-17-7-5-6-16(13-17)28-14-24-20-12-15(10-11-21(20)28)25-22-18-8-3-4-9-19(18)23(30-2)27-26-22/h4-7,9-14H,3,8H2,1-2H3,(H,25,26). The predicted octanol–water partition coefficient (Wildman–Crippen LogP) is 4.54. The van der Waals surface area contributed by atoms with Gasteiger partial charge in [-0.1, -0.05) is 18.2 Å². The van der Waals surface area contributed by atoms with Crippen LogP contribution in [0.3, 0.4) is 0 Å². The number of aromatic nitrogens is 4. The lowest BCUT2D eigenvalue weighted by Crippen LogP contribution is -2.07. The van der Waals surface area contributed by atoms with Crippen LogP contribution in [-0.2, 0) is 6.42 Å². The van der Waals surface area contributed by atoms with Crippen molar-refractivity contribution in [2.45, 2.75) is 12.8 Å². The molecule has 7 heteroatoms. The van der Waals surface area contributed by atoms with Gasteiger partial charge in [0, 0.05) is 22.9 Å². The lowest BCUT2D eigenvalue weighted by atomic mass is 9.99. The van der Waals surface area contributed by atoms with E-state index >= 15 is 0 Å². The minimum Gasteiger partial charge on any atom is -0.497 e. The van der Waals surface area contributed by atoms with Gasteiger partial charge >= 0.3 is 0 Å². The zero-order valence-corrected chi connectivity index (χ0v) is 16.8. The van der Waals surface area contributed by atoms with E-state index < -0.39 is 0 Å². The molecule has 0 amide bonds. The third-order valence-corrected chi connectivity index (χ3v) is 5.26. The van der Waals surface area contributed by atoms with Crippen molar-refractivity contribution >= 4 is 28.6 Å². The Morgan fingerprint density at radius 1 is 1.03 bits per heavy atom. The molecule has 2 heterocycles. The quantitative estimate of drug-likeness (QED) is 0.531. The van der Waals surface area contributed by atoms with Crippen molar-refractivity contribution in [2.75, 3.05) is 19.5 Å². The molecular formula is C23H21N5O2. The van der Waals surface area contributed by atoms with Gasteiger partial charge in [-0.3, -0.25) is 4.57 Å². The molecule has 150 valence electrons. The number of hydrogen-bond acceptors (Lipinski definition) is 6. The second kappa shape index (κ2) is 7.51. The molecule has 30 heavy (non-hydrogen) atoms. The van der Waals surface area contributed by atoms with Crippen molar-refractivity contribution in [2.24, 2.45) is 0 Å². The number of nitrogens with one attached hydrogen (secondary N) is 1. The monoisotopic (exact) mass is 399 g/mol. The number of anilines is 2. The largest absolute Gasteiger partial charge is 0.497 e. The van der Waals surface area contributed by atoms with E-state index in [9.17, 15) is 0 Å². The van der Waals surface area contributed by atoms with E-state index in [-0.39, 0.29) is 0 Å². The minimum atomic E-state index is 0.555. The first-order chi connectivity index (χ1) is 14.8. The summed E-state index contributed by atoms with van der Waals surface area (Å²) in [5, 5.41) is 12.0. The van der Waals surface area contributed by atoms with Gasteiger partial charge in [0.1, 0.15) is 12.1 Å². The van der Waals surface area contributed by atoms with E-state index in [0.717, 1.165) is 57.9 Å². The number of rotatable bonds is 5. The molecule has 0 spiro atoms. The summed E-state index contributed by atoms with van der Waals surface area (Å²) < 4.78 is 12.7. The molecule has 2 aromatic carbocycles. The Balaban J connectivity index is 1.49. The minimum absolute atomic E-state index is 0.555. The number of fused-ring (bicyclic) bond motifs is 2. The Morgan fingerprint density at radius 2 is 1.97 bits per heavy atom. The van der Waals surface area contributed by atoms with E-state index in [4.69, 9.17) is 9.47 Å². The van der Waals surface area contributed by atoms with Gasteiger partial charge in [0.2, 0.25) is 5.88 Å². The van der Waals surface area contributed by atoms with Crippen molar-refractivity contribution in [3.05, 3.63) is 66.0 Å². The Morgan fingerprint density at radius 3 is 2.83 bits per heavy atom. The number of nitrogens with zero attached hydrogens (tertiary/aromatic N) is 4. The average molecular weight is 399 g/mol. The van der Waals surface area contributed by atoms with Gasteiger partial charge in [0.05, 0.1) is 30.9 Å². The molecule has 0 atom stereocenters. The molecule has 1 aliphatic carbocycles. The highest BCUT2D eigenvalue weighted by Crippen LogP contribution is 2.32. The fourth-order valence-electron chi connectivity index (χ4n) is 3.76. The van der Waals surface area contributed by atoms with Crippen LogP contribution < -0.4 is 14.8 Å². The second-order valence-electron chi connectivity index (χ2n) is 7.04. The molecule has 0 bridgehead atoms. The number of methoxy groups -OCH3 is 2. The summed E-state index contributed by atoms with van der Waals surface area (Å²) >= 11 is 0. The van der Waals surface area contributed by atoms with Crippen molar-refractivity contribution in [3.8, 4) is 17.3 Å². The summed E-state index contributed by atoms with van der Waals surface area (Å²) in [5.41, 5.74) is 5.92. The Kier molecular flexibility index (Phi) is 4.55. The summed E-state index contributed by atoms with van der Waals surface area (Å²) in [7, 11) is 3.28. The fraction of sp³-hybridized carbons (Fsp3) is 0.174. The van der Waals surface area contributed by atoms with Crippen molar-refractivity contribution < 1.29 is 9.47 Å². The van der Waals surface area contributed by atoms with E-state index in [0.29, 0.717) is 5.88 Å². The molecule has 5 rings (SSSR count). The smallest absolute Gasteiger partial charge is 0.240 e. The van der Waals surface area contributed by atoms with Crippen LogP contribution >= 0.6 is 0 Å². The normalized spacial score (nSPS) is 12.6. The predicted molar refractivity (Wildman–Crippen MR) is 117 cm³/mol. The first-order valence-electron chi connectivity index (χ1n) is 9.75. The summed E-state index contributed by atoms with van der Waals surface area (Å²) in [5.74, 6) is 2.12. The molecule has 1 aliphatic rings. The highest BCUT2D eigenvalue weighted by atomic mass is 16.5. The van der Waals surface area contributed by atoms with Crippen LogP contribution in [0.2, 0.25) is 0 Å². The highest BCUT2D eigenvalue weighted by molar-refractivity contribution is 5.83. The average Bonchev–Trinajstić information content (AvgIpc) is 3.22. The molecule has 0 saturated heterocycles. The van der Waals surface area contributed by atoms with Gasteiger partial charge in [-0.25, -0.2) is 4.98 Å². The molecule has 0 aliphatic heterocycles. The Hall–Kier alpha value is -3.87. The fourth-order valence-corrected chi connectivity index (χ4v) is 3.76. The van der Waals surface area contributed by atoms with Crippen LogP contribution in [0.25, 0.3) is 22.8 Å². The molecule has 2 aromatic heterocycles. The van der Waals surface area contributed by atoms with Gasteiger partial charge in [0.25, 0.3) is 0 Å². The van der Waals surface area contributed by atoms with E-state index in [2.05, 4.69) is 32.7 Å². The van der Waals surface area contributed by atoms with Crippen LogP contribution in [0.15, 0.2) is 54.9 Å². The maximum atomic E-state index is 5.36. The van der Waals surface area contributed by atoms with Gasteiger partial charge in [-0.2, -0.15) is 0 Å². The number of benzene rings is 2. The second-order valence-corrected chi connectivity index (χ2v) is 7.04. The number of allylic oxidation sites excluding steroid dienone is 1. The van der Waals surface area contributed by atoms with Gasteiger partial charge in [-0.15, -0.1) is 10.2 Å². The third kappa shape index (κ3) is 3.14. The summed E-state index contributed by atoms with van der Waals surface area (Å²) in [6, 6.07) is 14.0. The zero-order chi connectivity index (χ0) is 20.5. The summed E-state index contributed by atoms with van der Waals surface area (Å²) in [6.45, 7) is 0. The van der Waals surface area contributed by atoms with Crippen LogP contribution in [0.1, 0.15) is 17.5 Å². The molecule has 0 unspecified atom stereocenters. The number of ether oxygens (including phenoxy) is 2. The van der Waals surface area contributed by atoms with Crippen molar-refractivity contribution in [3.63, 3.8) is 0 Å². The van der Waals surface area contributed by atoms with Gasteiger partial charge in [0.15, 0.2) is 5.82 Å². The van der Waals surface area contributed by atoms with Crippen LogP contribution in [0.4, 0.5) is 11.5 Å². The molecule has 0 saturated carbocycles. The van der Waals surface area contributed by atoms with E-state index in [1.165, 1.54) is 0 Å². The molecular weight excluding hydrogens is 378 g/mol. The maximum Gasteiger partial charge on any atom is 0.240 e. The van der Waals surface area contributed by atoms with Gasteiger partial charge < -0.3 is 14.8 Å². The lowest BCUT2D eigenvalue weighted by Gasteiger charge is -2.17. The number of imidazole rings is 1. The topological polar surface area (TPSA) is 74.1 Å². The van der Waals surface area contributed by atoms with Crippen LogP contribution in [-0.4, -0.2) is 34.0 Å². The molecule has 4 aromatic rings. The maximum absolute atomic E-state index is 5.36. The number of hydrogen-bond donors (Lipinski definition) is 1. The van der Waals surface area contributed by atoms with Crippen molar-refractivity contribution in [1.29, 1.82) is 0 Å².